The maximum absolute atomic E-state index is 13.9. The van der Waals surface area contributed by atoms with E-state index in [1.807, 2.05) is 0 Å². The minimum absolute atomic E-state index is 0.203. The average molecular weight is 436 g/mol. The molecule has 7 heteroatoms. The number of carbonyl (C=O) groups is 3. The molecule has 0 saturated heterocycles. The van der Waals surface area contributed by atoms with Crippen LogP contribution in [0.25, 0.3) is 0 Å². The molecule has 0 radical (unpaired) electrons. The van der Waals surface area contributed by atoms with Gasteiger partial charge in [0.2, 0.25) is 5.91 Å². The molecule has 32 heavy (non-hydrogen) atoms. The lowest BCUT2D eigenvalue weighted by atomic mass is 10.0. The van der Waals surface area contributed by atoms with Crippen molar-refractivity contribution in [2.45, 2.75) is 19.9 Å². The largest absolute Gasteiger partial charge is 0.340 e. The van der Waals surface area contributed by atoms with Gasteiger partial charge in [0.15, 0.2) is 5.78 Å². The molecular formula is C25H22F2N2O3. The first kappa shape index (κ1) is 22.8. The number of halogens is 2. The van der Waals surface area contributed by atoms with E-state index in [2.05, 4.69) is 10.6 Å². The Morgan fingerprint density at radius 2 is 1.38 bits per heavy atom. The second kappa shape index (κ2) is 9.96. The third kappa shape index (κ3) is 5.24. The van der Waals surface area contributed by atoms with Gasteiger partial charge in [-0.1, -0.05) is 62.4 Å². The molecule has 1 atom stereocenters. The topological polar surface area (TPSA) is 75.3 Å². The number of amides is 2. The number of anilines is 1. The van der Waals surface area contributed by atoms with E-state index in [9.17, 15) is 23.2 Å². The smallest absolute Gasteiger partial charge is 0.257 e. The minimum Gasteiger partial charge on any atom is -0.340 e. The quantitative estimate of drug-likeness (QED) is 0.532. The molecule has 0 saturated carbocycles. The van der Waals surface area contributed by atoms with Crippen molar-refractivity contribution >= 4 is 23.3 Å². The Kier molecular flexibility index (Phi) is 7.10. The molecule has 3 aromatic rings. The summed E-state index contributed by atoms with van der Waals surface area (Å²) in [5.41, 5.74) is 0.498. The lowest BCUT2D eigenvalue weighted by Gasteiger charge is -2.22. The number of benzene rings is 3. The molecule has 0 heterocycles. The molecule has 0 bridgehead atoms. The number of hydrogen-bond donors (Lipinski definition) is 2. The van der Waals surface area contributed by atoms with Gasteiger partial charge in [-0.25, -0.2) is 8.78 Å². The van der Waals surface area contributed by atoms with Crippen LogP contribution in [-0.2, 0) is 4.79 Å². The number of carbonyl (C=O) groups excluding carboxylic acids is 3. The van der Waals surface area contributed by atoms with Gasteiger partial charge in [0.25, 0.3) is 5.91 Å². The number of nitrogens with one attached hydrogen (secondary N) is 2. The lowest BCUT2D eigenvalue weighted by molar-refractivity contribution is -0.118. The average Bonchev–Trinajstić information content (AvgIpc) is 2.77. The monoisotopic (exact) mass is 436 g/mol. The summed E-state index contributed by atoms with van der Waals surface area (Å²) in [6.07, 6.45) is 0. The highest BCUT2D eigenvalue weighted by atomic mass is 19.1. The van der Waals surface area contributed by atoms with E-state index in [1.165, 1.54) is 6.07 Å². The van der Waals surface area contributed by atoms with Crippen LogP contribution in [0.2, 0.25) is 0 Å². The Morgan fingerprint density at radius 3 is 2.00 bits per heavy atom. The molecule has 0 aliphatic rings. The fourth-order valence-corrected chi connectivity index (χ4v) is 3.18. The summed E-state index contributed by atoms with van der Waals surface area (Å²) in [5, 5.41) is 5.06. The van der Waals surface area contributed by atoms with E-state index < -0.39 is 35.1 Å². The summed E-state index contributed by atoms with van der Waals surface area (Å²) in [4.78, 5) is 37.9. The molecule has 0 unspecified atom stereocenters. The Labute approximate surface area is 184 Å². The van der Waals surface area contributed by atoms with Gasteiger partial charge in [0.05, 0.1) is 0 Å². The van der Waals surface area contributed by atoms with Crippen LogP contribution < -0.4 is 10.6 Å². The summed E-state index contributed by atoms with van der Waals surface area (Å²) in [5.74, 6) is -4.21. The molecule has 0 aliphatic heterocycles. The summed E-state index contributed by atoms with van der Waals surface area (Å²) in [6, 6.07) is 17.1. The predicted octanol–water partition coefficient (Wildman–Crippen LogP) is 4.59. The van der Waals surface area contributed by atoms with Crippen molar-refractivity contribution in [3.05, 3.63) is 101 Å². The van der Waals surface area contributed by atoms with Gasteiger partial charge >= 0.3 is 0 Å². The van der Waals surface area contributed by atoms with E-state index >= 15 is 0 Å². The van der Waals surface area contributed by atoms with E-state index in [4.69, 9.17) is 0 Å². The SMILES string of the molecule is CC(C)[C@H](NC(=O)c1c(F)cccc1F)C(=O)Nc1cccc(C(=O)c2ccccc2)c1. The van der Waals surface area contributed by atoms with Crippen LogP contribution in [0.1, 0.15) is 40.1 Å². The van der Waals surface area contributed by atoms with Crippen LogP contribution in [0, 0.1) is 17.6 Å². The summed E-state index contributed by atoms with van der Waals surface area (Å²) < 4.78 is 27.9. The molecule has 0 fully saturated rings. The van der Waals surface area contributed by atoms with E-state index in [0.29, 0.717) is 16.8 Å². The van der Waals surface area contributed by atoms with Crippen molar-refractivity contribution in [2.24, 2.45) is 5.92 Å². The van der Waals surface area contributed by atoms with Crippen molar-refractivity contribution in [3.8, 4) is 0 Å². The van der Waals surface area contributed by atoms with Gasteiger partial charge in [0, 0.05) is 16.8 Å². The van der Waals surface area contributed by atoms with E-state index in [-0.39, 0.29) is 11.7 Å². The van der Waals surface area contributed by atoms with Gasteiger partial charge in [-0.05, 0) is 30.2 Å². The van der Waals surface area contributed by atoms with Gasteiger partial charge in [-0.2, -0.15) is 0 Å². The maximum atomic E-state index is 13.9. The van der Waals surface area contributed by atoms with Crippen LogP contribution in [0.3, 0.4) is 0 Å². The highest BCUT2D eigenvalue weighted by Crippen LogP contribution is 2.17. The number of hydrogen-bond acceptors (Lipinski definition) is 3. The lowest BCUT2D eigenvalue weighted by Crippen LogP contribution is -2.47. The summed E-state index contributed by atoms with van der Waals surface area (Å²) >= 11 is 0. The first-order valence-electron chi connectivity index (χ1n) is 10.0. The predicted molar refractivity (Wildman–Crippen MR) is 117 cm³/mol. The Morgan fingerprint density at radius 1 is 0.781 bits per heavy atom. The molecule has 5 nitrogen and oxygen atoms in total. The molecule has 164 valence electrons. The first-order valence-corrected chi connectivity index (χ1v) is 10.0. The van der Waals surface area contributed by atoms with Gasteiger partial charge in [-0.3, -0.25) is 14.4 Å². The van der Waals surface area contributed by atoms with Crippen LogP contribution in [-0.4, -0.2) is 23.6 Å². The van der Waals surface area contributed by atoms with Gasteiger partial charge in [0.1, 0.15) is 23.2 Å². The Hall–Kier alpha value is -3.87. The van der Waals surface area contributed by atoms with Crippen LogP contribution in [0.15, 0.2) is 72.8 Å². The fourth-order valence-electron chi connectivity index (χ4n) is 3.18. The van der Waals surface area contributed by atoms with Crippen molar-refractivity contribution in [1.82, 2.24) is 5.32 Å². The van der Waals surface area contributed by atoms with Crippen molar-refractivity contribution in [2.75, 3.05) is 5.32 Å². The number of rotatable bonds is 7. The maximum Gasteiger partial charge on any atom is 0.257 e. The highest BCUT2D eigenvalue weighted by Gasteiger charge is 2.27. The standard InChI is InChI=1S/C25H22F2N2O3/c1-15(2)22(29-24(31)21-19(26)12-7-13-20(21)27)25(32)28-18-11-6-10-17(14-18)23(30)16-8-4-3-5-9-16/h3-15,22H,1-2H3,(H,28,32)(H,29,31)/t22-/m0/s1. The third-order valence-corrected chi connectivity index (χ3v) is 4.85. The van der Waals surface area contributed by atoms with Crippen molar-refractivity contribution in [3.63, 3.8) is 0 Å². The van der Waals surface area contributed by atoms with Crippen molar-refractivity contribution < 1.29 is 23.2 Å². The summed E-state index contributed by atoms with van der Waals surface area (Å²) in [6.45, 7) is 3.38. The zero-order chi connectivity index (χ0) is 23.3. The van der Waals surface area contributed by atoms with E-state index in [1.54, 1.807) is 62.4 Å². The second-order valence-electron chi connectivity index (χ2n) is 7.56. The first-order chi connectivity index (χ1) is 15.3. The summed E-state index contributed by atoms with van der Waals surface area (Å²) in [7, 11) is 0. The van der Waals surface area contributed by atoms with Gasteiger partial charge in [-0.15, -0.1) is 0 Å². The minimum atomic E-state index is -1.06. The van der Waals surface area contributed by atoms with E-state index in [0.717, 1.165) is 18.2 Å². The van der Waals surface area contributed by atoms with Crippen molar-refractivity contribution in [1.29, 1.82) is 0 Å². The third-order valence-electron chi connectivity index (χ3n) is 4.85. The molecule has 3 rings (SSSR count). The molecule has 0 aliphatic carbocycles. The molecule has 0 aromatic heterocycles. The molecule has 0 spiro atoms. The van der Waals surface area contributed by atoms with Crippen LogP contribution >= 0.6 is 0 Å². The molecule has 2 N–H and O–H groups in total. The molecular weight excluding hydrogens is 414 g/mol. The Balaban J connectivity index is 1.77. The fraction of sp³-hybridized carbons (Fsp3) is 0.160. The second-order valence-corrected chi connectivity index (χ2v) is 7.56. The Bertz CT molecular complexity index is 1130. The molecule has 2 amide bonds. The van der Waals surface area contributed by atoms with Crippen LogP contribution in [0.4, 0.5) is 14.5 Å². The zero-order valence-electron chi connectivity index (χ0n) is 17.6. The normalized spacial score (nSPS) is 11.7. The molecule has 3 aromatic carbocycles. The highest BCUT2D eigenvalue weighted by molar-refractivity contribution is 6.10. The zero-order valence-corrected chi connectivity index (χ0v) is 17.6. The van der Waals surface area contributed by atoms with Crippen LogP contribution in [0.5, 0.6) is 0 Å². The van der Waals surface area contributed by atoms with Gasteiger partial charge < -0.3 is 10.6 Å². The number of ketones is 1.